The summed E-state index contributed by atoms with van der Waals surface area (Å²) in [6.07, 6.45) is 1.90. The lowest BCUT2D eigenvalue weighted by Crippen LogP contribution is -2.24. The topological polar surface area (TPSA) is 74.2 Å². The van der Waals surface area contributed by atoms with Gasteiger partial charge in [-0.2, -0.15) is 4.98 Å². The number of aromatic nitrogens is 2. The molecule has 0 saturated carbocycles. The van der Waals surface area contributed by atoms with Crippen molar-refractivity contribution in [3.63, 3.8) is 0 Å². The molecular formula is C6H11N3O2. The lowest BCUT2D eigenvalue weighted by atomic mass is 10.2. The number of ether oxygens (including phenoxy) is 1. The van der Waals surface area contributed by atoms with Gasteiger partial charge < -0.3 is 15.0 Å². The Hall–Kier alpha value is -0.940. The average Bonchev–Trinajstić information content (AvgIpc) is 2.52. The number of hydrogen-bond donors (Lipinski definition) is 1. The molecular weight excluding hydrogens is 146 g/mol. The van der Waals surface area contributed by atoms with Crippen LogP contribution in [0.4, 0.5) is 0 Å². The molecule has 0 aliphatic rings. The number of nitrogens with zero attached hydrogens (tertiary/aromatic N) is 2. The molecule has 62 valence electrons. The monoisotopic (exact) mass is 157 g/mol. The predicted molar refractivity (Wildman–Crippen MR) is 37.9 cm³/mol. The van der Waals surface area contributed by atoms with Gasteiger partial charge in [-0.1, -0.05) is 5.16 Å². The molecule has 0 spiro atoms. The van der Waals surface area contributed by atoms with E-state index in [2.05, 4.69) is 10.1 Å². The minimum Gasteiger partial charge on any atom is -0.380 e. The summed E-state index contributed by atoms with van der Waals surface area (Å²) < 4.78 is 9.79. The van der Waals surface area contributed by atoms with E-state index in [1.54, 1.807) is 7.11 Å². The number of nitrogens with two attached hydrogens (primary N) is 1. The predicted octanol–water partition coefficient (Wildman–Crippen LogP) is -0.414. The molecule has 1 aromatic rings. The van der Waals surface area contributed by atoms with Crippen molar-refractivity contribution in [2.24, 2.45) is 5.73 Å². The molecule has 1 atom stereocenters. The average molecular weight is 157 g/mol. The van der Waals surface area contributed by atoms with Crippen LogP contribution in [0.1, 0.15) is 5.89 Å². The van der Waals surface area contributed by atoms with Crippen molar-refractivity contribution in [3.05, 3.63) is 12.2 Å². The van der Waals surface area contributed by atoms with Gasteiger partial charge in [0.25, 0.3) is 0 Å². The third-order valence-electron chi connectivity index (χ3n) is 1.41. The lowest BCUT2D eigenvalue weighted by Gasteiger charge is -2.08. The zero-order valence-electron chi connectivity index (χ0n) is 6.36. The number of rotatable bonds is 4. The van der Waals surface area contributed by atoms with Crippen LogP contribution in [-0.4, -0.2) is 29.9 Å². The van der Waals surface area contributed by atoms with Crippen LogP contribution >= 0.6 is 0 Å². The summed E-state index contributed by atoms with van der Waals surface area (Å²) in [4.78, 5) is 3.84. The van der Waals surface area contributed by atoms with Crippen LogP contribution in [0.5, 0.6) is 0 Å². The molecule has 11 heavy (non-hydrogen) atoms. The Balaban J connectivity index is 2.41. The van der Waals surface area contributed by atoms with Gasteiger partial charge in [0.05, 0.1) is 12.5 Å². The summed E-state index contributed by atoms with van der Waals surface area (Å²) in [5, 5.41) is 3.46. The van der Waals surface area contributed by atoms with Crippen LogP contribution in [0, 0.1) is 0 Å². The summed E-state index contributed by atoms with van der Waals surface area (Å²) in [5.74, 6) is 0.558. The van der Waals surface area contributed by atoms with E-state index >= 15 is 0 Å². The first-order valence-corrected chi connectivity index (χ1v) is 3.35. The van der Waals surface area contributed by atoms with E-state index in [9.17, 15) is 0 Å². The number of hydrogen-bond acceptors (Lipinski definition) is 5. The molecule has 0 aliphatic heterocycles. The molecule has 0 amide bonds. The summed E-state index contributed by atoms with van der Waals surface area (Å²) in [6, 6.07) is 0. The van der Waals surface area contributed by atoms with E-state index in [1.807, 2.05) is 0 Å². The maximum Gasteiger partial charge on any atom is 0.229 e. The molecule has 0 bridgehead atoms. The fourth-order valence-electron chi connectivity index (χ4n) is 0.744. The van der Waals surface area contributed by atoms with Crippen LogP contribution < -0.4 is 5.73 Å². The van der Waals surface area contributed by atoms with Crippen molar-refractivity contribution >= 4 is 0 Å². The van der Waals surface area contributed by atoms with Crippen molar-refractivity contribution in [1.29, 1.82) is 0 Å². The smallest absolute Gasteiger partial charge is 0.229 e. The molecule has 5 nitrogen and oxygen atoms in total. The minimum absolute atomic E-state index is 0.0320. The second kappa shape index (κ2) is 4.05. The van der Waals surface area contributed by atoms with Gasteiger partial charge in [-0.15, -0.1) is 0 Å². The maximum absolute atomic E-state index is 5.39. The molecule has 0 radical (unpaired) electrons. The van der Waals surface area contributed by atoms with Crippen molar-refractivity contribution in [3.8, 4) is 0 Å². The van der Waals surface area contributed by atoms with E-state index in [0.29, 0.717) is 18.9 Å². The van der Waals surface area contributed by atoms with Crippen molar-refractivity contribution in [2.45, 2.75) is 12.5 Å². The van der Waals surface area contributed by atoms with Crippen LogP contribution in [-0.2, 0) is 11.2 Å². The van der Waals surface area contributed by atoms with Gasteiger partial charge in [0.1, 0.15) is 0 Å². The molecule has 1 aromatic heterocycles. The first-order valence-electron chi connectivity index (χ1n) is 3.35. The highest BCUT2D eigenvalue weighted by atomic mass is 16.5. The summed E-state index contributed by atoms with van der Waals surface area (Å²) in [5.41, 5.74) is 5.39. The normalized spacial score (nSPS) is 13.3. The SMILES string of the molecule is COC(CN)Cc1ncno1. The van der Waals surface area contributed by atoms with E-state index in [-0.39, 0.29) is 6.10 Å². The quantitative estimate of drug-likeness (QED) is 0.642. The van der Waals surface area contributed by atoms with E-state index < -0.39 is 0 Å². The third-order valence-corrected chi connectivity index (χ3v) is 1.41. The Morgan fingerprint density at radius 3 is 3.09 bits per heavy atom. The van der Waals surface area contributed by atoms with E-state index in [1.165, 1.54) is 6.33 Å². The standard InChI is InChI=1S/C6H11N3O2/c1-10-5(3-7)2-6-8-4-9-11-6/h4-5H,2-3,7H2,1H3. The van der Waals surface area contributed by atoms with Crippen molar-refractivity contribution < 1.29 is 9.26 Å². The summed E-state index contributed by atoms with van der Waals surface area (Å²) in [7, 11) is 1.61. The molecule has 0 fully saturated rings. The van der Waals surface area contributed by atoms with Gasteiger partial charge >= 0.3 is 0 Å². The van der Waals surface area contributed by atoms with Gasteiger partial charge in [0.2, 0.25) is 5.89 Å². The highest BCUT2D eigenvalue weighted by Crippen LogP contribution is 1.99. The molecule has 0 aromatic carbocycles. The van der Waals surface area contributed by atoms with E-state index in [0.717, 1.165) is 0 Å². The molecule has 0 aliphatic carbocycles. The number of methoxy groups -OCH3 is 1. The van der Waals surface area contributed by atoms with Crippen LogP contribution in [0.25, 0.3) is 0 Å². The summed E-state index contributed by atoms with van der Waals surface area (Å²) >= 11 is 0. The van der Waals surface area contributed by atoms with Crippen LogP contribution in [0.15, 0.2) is 10.9 Å². The third kappa shape index (κ3) is 2.28. The Morgan fingerprint density at radius 2 is 2.64 bits per heavy atom. The van der Waals surface area contributed by atoms with Crippen LogP contribution in [0.3, 0.4) is 0 Å². The lowest BCUT2D eigenvalue weighted by molar-refractivity contribution is 0.102. The maximum atomic E-state index is 5.39. The largest absolute Gasteiger partial charge is 0.380 e. The highest BCUT2D eigenvalue weighted by molar-refractivity contribution is 4.79. The Morgan fingerprint density at radius 1 is 1.82 bits per heavy atom. The zero-order chi connectivity index (χ0) is 8.10. The first kappa shape index (κ1) is 8.16. The summed E-state index contributed by atoms with van der Waals surface area (Å²) in [6.45, 7) is 0.457. The molecule has 1 rings (SSSR count). The van der Waals surface area contributed by atoms with E-state index in [4.69, 9.17) is 15.0 Å². The van der Waals surface area contributed by atoms with Gasteiger partial charge in [0.15, 0.2) is 6.33 Å². The second-order valence-electron chi connectivity index (χ2n) is 2.13. The first-order chi connectivity index (χ1) is 5.36. The molecule has 5 heteroatoms. The Kier molecular flexibility index (Phi) is 3.00. The van der Waals surface area contributed by atoms with Crippen LogP contribution in [0.2, 0.25) is 0 Å². The minimum atomic E-state index is -0.0320. The molecule has 1 heterocycles. The van der Waals surface area contributed by atoms with Gasteiger partial charge in [-0.05, 0) is 0 Å². The molecule has 0 saturated heterocycles. The Bertz CT molecular complexity index is 184. The fourth-order valence-corrected chi connectivity index (χ4v) is 0.744. The molecule has 2 N–H and O–H groups in total. The Labute approximate surface area is 64.5 Å². The van der Waals surface area contributed by atoms with Gasteiger partial charge in [-0.3, -0.25) is 0 Å². The fraction of sp³-hybridized carbons (Fsp3) is 0.667. The van der Waals surface area contributed by atoms with Gasteiger partial charge in [0, 0.05) is 13.7 Å². The second-order valence-corrected chi connectivity index (χ2v) is 2.13. The van der Waals surface area contributed by atoms with Gasteiger partial charge in [-0.25, -0.2) is 0 Å². The zero-order valence-corrected chi connectivity index (χ0v) is 6.36. The van der Waals surface area contributed by atoms with Crippen molar-refractivity contribution in [2.75, 3.05) is 13.7 Å². The highest BCUT2D eigenvalue weighted by Gasteiger charge is 2.09. The molecule has 1 unspecified atom stereocenters. The van der Waals surface area contributed by atoms with Crippen molar-refractivity contribution in [1.82, 2.24) is 10.1 Å².